The lowest BCUT2D eigenvalue weighted by Gasteiger charge is -2.22. The van der Waals surface area contributed by atoms with Crippen LogP contribution in [0.15, 0.2) is 40.1 Å². The average molecular weight is 398 g/mol. The molecule has 1 N–H and O–H groups in total. The maximum absolute atomic E-state index is 12.6. The lowest BCUT2D eigenvalue weighted by Crippen LogP contribution is -2.30. The summed E-state index contributed by atoms with van der Waals surface area (Å²) in [5.41, 5.74) is 1.66. The van der Waals surface area contributed by atoms with Crippen molar-refractivity contribution >= 4 is 17.2 Å². The van der Waals surface area contributed by atoms with Crippen molar-refractivity contribution in [2.24, 2.45) is 0 Å². The van der Waals surface area contributed by atoms with Crippen LogP contribution >= 0.6 is 11.3 Å². The van der Waals surface area contributed by atoms with Gasteiger partial charge in [-0.1, -0.05) is 19.1 Å². The number of amides is 1. The number of oxazole rings is 1. The van der Waals surface area contributed by atoms with Crippen LogP contribution in [-0.4, -0.2) is 24.1 Å². The van der Waals surface area contributed by atoms with Crippen molar-refractivity contribution in [3.63, 3.8) is 0 Å². The van der Waals surface area contributed by atoms with E-state index in [0.717, 1.165) is 28.4 Å². The first kappa shape index (κ1) is 18.6. The fraction of sp³-hybridized carbons (Fsp3) is 0.333. The minimum absolute atomic E-state index is 0.0872. The van der Waals surface area contributed by atoms with Gasteiger partial charge in [-0.15, -0.1) is 11.3 Å². The minimum Gasteiger partial charge on any atom is -0.486 e. The van der Waals surface area contributed by atoms with Crippen molar-refractivity contribution in [1.29, 1.82) is 0 Å². The highest BCUT2D eigenvalue weighted by Crippen LogP contribution is 2.33. The van der Waals surface area contributed by atoms with Crippen molar-refractivity contribution in [1.82, 2.24) is 10.3 Å². The Labute approximate surface area is 167 Å². The molecule has 3 heterocycles. The van der Waals surface area contributed by atoms with E-state index in [9.17, 15) is 4.79 Å². The van der Waals surface area contributed by atoms with Gasteiger partial charge in [0.1, 0.15) is 19.0 Å². The first-order valence-electron chi connectivity index (χ1n) is 9.33. The summed E-state index contributed by atoms with van der Waals surface area (Å²) in [4.78, 5) is 18.1. The molecule has 0 saturated carbocycles. The molecule has 0 bridgehead atoms. The Morgan fingerprint density at radius 1 is 1.25 bits per heavy atom. The molecule has 6 nitrogen and oxygen atoms in total. The number of benzene rings is 1. The highest BCUT2D eigenvalue weighted by Gasteiger charge is 2.20. The van der Waals surface area contributed by atoms with Crippen LogP contribution < -0.4 is 14.8 Å². The quantitative estimate of drug-likeness (QED) is 0.670. The molecule has 0 spiro atoms. The third-order valence-corrected chi connectivity index (χ3v) is 5.52. The summed E-state index contributed by atoms with van der Waals surface area (Å²) in [5.74, 6) is 2.62. The van der Waals surface area contributed by atoms with Crippen LogP contribution in [0.2, 0.25) is 0 Å². The Morgan fingerprint density at radius 2 is 2.07 bits per heavy atom. The number of hydrogen-bond acceptors (Lipinski definition) is 6. The van der Waals surface area contributed by atoms with Crippen molar-refractivity contribution in [2.75, 3.05) is 13.2 Å². The molecular weight excluding hydrogens is 376 g/mol. The molecule has 1 unspecified atom stereocenters. The number of aromatic nitrogens is 1. The molecular formula is C21H22N2O4S. The van der Waals surface area contributed by atoms with Gasteiger partial charge in [0.05, 0.1) is 23.0 Å². The van der Waals surface area contributed by atoms with E-state index in [0.29, 0.717) is 30.6 Å². The number of hydrogen-bond donors (Lipinski definition) is 1. The first-order chi connectivity index (χ1) is 13.6. The zero-order chi connectivity index (χ0) is 19.5. The van der Waals surface area contributed by atoms with E-state index in [1.54, 1.807) is 11.3 Å². The van der Waals surface area contributed by atoms with E-state index < -0.39 is 0 Å². The highest BCUT2D eigenvalue weighted by atomic mass is 32.1. The van der Waals surface area contributed by atoms with Gasteiger partial charge in [0, 0.05) is 0 Å². The minimum atomic E-state index is -0.104. The number of fused-ring (bicyclic) bond motifs is 1. The summed E-state index contributed by atoms with van der Waals surface area (Å²) in [7, 11) is 0. The Balaban J connectivity index is 1.45. The molecule has 0 radical (unpaired) electrons. The average Bonchev–Trinajstić information content (AvgIpc) is 3.36. The van der Waals surface area contributed by atoms with Crippen LogP contribution in [0.1, 0.15) is 36.4 Å². The summed E-state index contributed by atoms with van der Waals surface area (Å²) < 4.78 is 16.9. The van der Waals surface area contributed by atoms with Gasteiger partial charge < -0.3 is 19.2 Å². The van der Waals surface area contributed by atoms with E-state index in [-0.39, 0.29) is 18.4 Å². The summed E-state index contributed by atoms with van der Waals surface area (Å²) in [6.45, 7) is 4.98. The molecule has 1 aromatic carbocycles. The summed E-state index contributed by atoms with van der Waals surface area (Å²) in [6, 6.07) is 9.61. The number of nitrogens with zero attached hydrogens (tertiary/aromatic N) is 1. The Kier molecular flexibility index (Phi) is 5.34. The van der Waals surface area contributed by atoms with Crippen LogP contribution in [0.25, 0.3) is 10.8 Å². The molecule has 1 amide bonds. The van der Waals surface area contributed by atoms with Crippen LogP contribution in [0, 0.1) is 6.92 Å². The lowest BCUT2D eigenvalue weighted by molar-refractivity contribution is -0.121. The molecule has 0 fully saturated rings. The largest absolute Gasteiger partial charge is 0.486 e. The van der Waals surface area contributed by atoms with Gasteiger partial charge in [0.25, 0.3) is 0 Å². The number of ether oxygens (including phenoxy) is 2. The van der Waals surface area contributed by atoms with E-state index in [4.69, 9.17) is 13.9 Å². The van der Waals surface area contributed by atoms with Gasteiger partial charge in [0.15, 0.2) is 11.5 Å². The molecule has 146 valence electrons. The zero-order valence-corrected chi connectivity index (χ0v) is 16.7. The van der Waals surface area contributed by atoms with E-state index in [2.05, 4.69) is 10.3 Å². The van der Waals surface area contributed by atoms with E-state index in [1.165, 1.54) is 0 Å². The Bertz CT molecular complexity index is 965. The molecule has 4 rings (SSSR count). The Hall–Kier alpha value is -2.80. The van der Waals surface area contributed by atoms with Crippen molar-refractivity contribution in [3.8, 4) is 22.3 Å². The molecule has 1 aliphatic rings. The molecule has 3 aromatic rings. The fourth-order valence-electron chi connectivity index (χ4n) is 3.19. The van der Waals surface area contributed by atoms with Gasteiger partial charge in [-0.3, -0.25) is 4.79 Å². The summed E-state index contributed by atoms with van der Waals surface area (Å²) >= 11 is 1.56. The molecule has 2 aromatic heterocycles. The second-order valence-electron chi connectivity index (χ2n) is 6.61. The predicted molar refractivity (Wildman–Crippen MR) is 107 cm³/mol. The number of nitrogens with one attached hydrogen (secondary N) is 1. The smallest absolute Gasteiger partial charge is 0.236 e. The first-order valence-corrected chi connectivity index (χ1v) is 10.2. The number of carbonyl (C=O) groups is 1. The van der Waals surface area contributed by atoms with Gasteiger partial charge >= 0.3 is 0 Å². The zero-order valence-electron chi connectivity index (χ0n) is 15.9. The molecule has 7 heteroatoms. The third kappa shape index (κ3) is 3.89. The van der Waals surface area contributed by atoms with E-state index >= 15 is 0 Å². The van der Waals surface area contributed by atoms with Crippen molar-refractivity contribution in [3.05, 3.63) is 52.7 Å². The maximum Gasteiger partial charge on any atom is 0.236 e. The predicted octanol–water partition coefficient (Wildman–Crippen LogP) is 4.29. The molecule has 0 saturated heterocycles. The summed E-state index contributed by atoms with van der Waals surface area (Å²) in [6.07, 6.45) is 0.950. The van der Waals surface area contributed by atoms with Crippen LogP contribution in [0.5, 0.6) is 11.5 Å². The normalized spacial score (nSPS) is 13.9. The van der Waals surface area contributed by atoms with Crippen molar-refractivity contribution in [2.45, 2.75) is 32.7 Å². The van der Waals surface area contributed by atoms with Crippen LogP contribution in [0.4, 0.5) is 0 Å². The van der Waals surface area contributed by atoms with Gasteiger partial charge in [-0.2, -0.15) is 0 Å². The number of aryl methyl sites for hydroxylation is 1. The molecule has 0 aliphatic carbocycles. The second kappa shape index (κ2) is 8.06. The van der Waals surface area contributed by atoms with Gasteiger partial charge in [0.2, 0.25) is 11.8 Å². The topological polar surface area (TPSA) is 73.6 Å². The standard InChI is InChI=1S/C21H22N2O4S/c1-3-15(14-6-7-17-18(11-14)26-9-8-25-17)22-20(24)12-16-13(2)27-21(23-16)19-5-4-10-28-19/h4-7,10-11,15H,3,8-9,12H2,1-2H3,(H,22,24). The third-order valence-electron chi connectivity index (χ3n) is 4.66. The van der Waals surface area contributed by atoms with E-state index in [1.807, 2.05) is 49.6 Å². The number of carbonyl (C=O) groups excluding carboxylic acids is 1. The lowest BCUT2D eigenvalue weighted by atomic mass is 10.0. The maximum atomic E-state index is 12.6. The van der Waals surface area contributed by atoms with Crippen LogP contribution in [-0.2, 0) is 11.2 Å². The Morgan fingerprint density at radius 3 is 2.82 bits per heavy atom. The summed E-state index contributed by atoms with van der Waals surface area (Å²) in [5, 5.41) is 5.07. The fourth-order valence-corrected chi connectivity index (χ4v) is 3.84. The molecule has 28 heavy (non-hydrogen) atoms. The number of thiophene rings is 1. The SMILES string of the molecule is CCC(NC(=O)Cc1nc(-c2cccs2)oc1C)c1ccc2c(c1)OCCO2. The molecule has 1 atom stereocenters. The molecule has 1 aliphatic heterocycles. The number of rotatable bonds is 6. The monoisotopic (exact) mass is 398 g/mol. The highest BCUT2D eigenvalue weighted by molar-refractivity contribution is 7.13. The second-order valence-corrected chi connectivity index (χ2v) is 7.56. The van der Waals surface area contributed by atoms with Gasteiger partial charge in [-0.05, 0) is 42.5 Å². The van der Waals surface area contributed by atoms with Gasteiger partial charge in [-0.25, -0.2) is 4.98 Å². The van der Waals surface area contributed by atoms with Crippen molar-refractivity contribution < 1.29 is 18.7 Å². The van der Waals surface area contributed by atoms with Crippen LogP contribution in [0.3, 0.4) is 0 Å².